The summed E-state index contributed by atoms with van der Waals surface area (Å²) in [5.74, 6) is 0.205. The Morgan fingerprint density at radius 1 is 1.44 bits per heavy atom. The first kappa shape index (κ1) is 19.1. The number of amides is 2. The molecule has 2 N–H and O–H groups in total. The van der Waals surface area contributed by atoms with E-state index >= 15 is 0 Å². The highest BCUT2D eigenvalue weighted by atomic mass is 35.5. The van der Waals surface area contributed by atoms with E-state index < -0.39 is 0 Å². The normalized spacial score (nSPS) is 10.5. The number of carbonyl (C=O) groups excluding carboxylic acids is 2. The largest absolute Gasteiger partial charge is 0.335 e. The Balaban J connectivity index is 1.95. The van der Waals surface area contributed by atoms with Crippen LogP contribution in [0, 0.1) is 4.77 Å². The van der Waals surface area contributed by atoms with Crippen LogP contribution >= 0.6 is 23.8 Å². The number of nitrogens with one attached hydrogen (secondary N) is 2. The van der Waals surface area contributed by atoms with Crippen molar-refractivity contribution in [1.82, 2.24) is 19.7 Å². The maximum Gasteiger partial charge on any atom is 0.243 e. The number of rotatable bonds is 7. The second-order valence-corrected chi connectivity index (χ2v) is 6.41. The number of carbonyl (C=O) groups is 2. The van der Waals surface area contributed by atoms with Crippen LogP contribution in [-0.4, -0.2) is 45.1 Å². The molecule has 2 aromatic rings. The number of H-pyrrole nitrogens is 1. The quantitative estimate of drug-likeness (QED) is 0.722. The minimum Gasteiger partial charge on any atom is -0.335 e. The Labute approximate surface area is 156 Å². The number of aromatic amines is 1. The number of hydrogen-bond donors (Lipinski definition) is 2. The zero-order valence-electron chi connectivity index (χ0n) is 14.1. The molecule has 25 heavy (non-hydrogen) atoms. The summed E-state index contributed by atoms with van der Waals surface area (Å²) in [5, 5.41) is 10.1. The summed E-state index contributed by atoms with van der Waals surface area (Å²) in [5.41, 5.74) is 0.584. The van der Waals surface area contributed by atoms with Crippen LogP contribution in [0.15, 0.2) is 24.3 Å². The predicted molar refractivity (Wildman–Crippen MR) is 99.1 cm³/mol. The van der Waals surface area contributed by atoms with E-state index in [1.54, 1.807) is 35.9 Å². The molecular formula is C16H20ClN5O2S. The summed E-state index contributed by atoms with van der Waals surface area (Å²) in [4.78, 5) is 25.8. The molecule has 1 aromatic heterocycles. The van der Waals surface area contributed by atoms with Crippen molar-refractivity contribution >= 4 is 41.3 Å². The molecule has 0 fully saturated rings. The van der Waals surface area contributed by atoms with Crippen LogP contribution in [0.3, 0.4) is 0 Å². The van der Waals surface area contributed by atoms with Gasteiger partial charge in [-0.3, -0.25) is 19.3 Å². The summed E-state index contributed by atoms with van der Waals surface area (Å²) in [6.45, 7) is 2.00. The van der Waals surface area contributed by atoms with Crippen molar-refractivity contribution in [2.24, 2.45) is 0 Å². The van der Waals surface area contributed by atoms with E-state index in [0.717, 1.165) is 18.7 Å². The Morgan fingerprint density at radius 2 is 2.20 bits per heavy atom. The van der Waals surface area contributed by atoms with Crippen LogP contribution < -0.4 is 5.32 Å². The molecular weight excluding hydrogens is 362 g/mol. The molecule has 0 bridgehead atoms. The van der Waals surface area contributed by atoms with Gasteiger partial charge in [0.2, 0.25) is 11.8 Å². The van der Waals surface area contributed by atoms with Crippen molar-refractivity contribution in [2.45, 2.75) is 26.3 Å². The lowest BCUT2D eigenvalue weighted by molar-refractivity contribution is -0.133. The molecule has 2 amide bonds. The van der Waals surface area contributed by atoms with Crippen molar-refractivity contribution in [3.05, 3.63) is 39.9 Å². The van der Waals surface area contributed by atoms with Crippen LogP contribution in [0.5, 0.6) is 0 Å². The van der Waals surface area contributed by atoms with Gasteiger partial charge >= 0.3 is 0 Å². The van der Waals surface area contributed by atoms with E-state index in [4.69, 9.17) is 23.8 Å². The topological polar surface area (TPSA) is 83.0 Å². The molecule has 0 saturated carbocycles. The lowest BCUT2D eigenvalue weighted by Crippen LogP contribution is -2.37. The van der Waals surface area contributed by atoms with Gasteiger partial charge in [0.1, 0.15) is 12.4 Å². The third-order valence-corrected chi connectivity index (χ3v) is 4.07. The fourth-order valence-corrected chi connectivity index (χ4v) is 2.66. The first-order chi connectivity index (χ1) is 11.9. The fraction of sp³-hybridized carbons (Fsp3) is 0.375. The van der Waals surface area contributed by atoms with Crippen LogP contribution in [0.25, 0.3) is 0 Å². The molecule has 0 atom stereocenters. The molecule has 7 nitrogen and oxygen atoms in total. The second kappa shape index (κ2) is 8.77. The van der Waals surface area contributed by atoms with Crippen molar-refractivity contribution in [3.8, 4) is 0 Å². The van der Waals surface area contributed by atoms with E-state index in [2.05, 4.69) is 15.5 Å². The molecule has 2 rings (SSSR count). The van der Waals surface area contributed by atoms with Crippen molar-refractivity contribution in [1.29, 1.82) is 0 Å². The summed E-state index contributed by atoms with van der Waals surface area (Å²) in [6, 6.07) is 6.83. The highest BCUT2D eigenvalue weighted by Gasteiger charge is 2.16. The number of benzene rings is 1. The van der Waals surface area contributed by atoms with Gasteiger partial charge in [0.05, 0.1) is 6.54 Å². The zero-order chi connectivity index (χ0) is 18.4. The second-order valence-electron chi connectivity index (χ2n) is 5.59. The summed E-state index contributed by atoms with van der Waals surface area (Å²) < 4.78 is 2.06. The third kappa shape index (κ3) is 5.40. The molecule has 0 aliphatic rings. The number of anilines is 1. The van der Waals surface area contributed by atoms with Gasteiger partial charge in [-0.15, -0.1) is 0 Å². The summed E-state index contributed by atoms with van der Waals surface area (Å²) >= 11 is 11.0. The van der Waals surface area contributed by atoms with Crippen LogP contribution in [0.4, 0.5) is 5.69 Å². The Bertz CT molecular complexity index is 817. The first-order valence-corrected chi connectivity index (χ1v) is 8.62. The van der Waals surface area contributed by atoms with Gasteiger partial charge in [0.25, 0.3) is 0 Å². The highest BCUT2D eigenvalue weighted by Crippen LogP contribution is 2.14. The fourth-order valence-electron chi connectivity index (χ4n) is 2.25. The van der Waals surface area contributed by atoms with Gasteiger partial charge in [-0.1, -0.05) is 24.6 Å². The SMILES string of the molecule is CCCc1n[nH]c(=S)n1CC(=O)N(C)CC(=O)Nc1cccc(Cl)c1. The molecule has 0 radical (unpaired) electrons. The van der Waals surface area contributed by atoms with Gasteiger partial charge in [-0.25, -0.2) is 0 Å². The first-order valence-electron chi connectivity index (χ1n) is 7.84. The Kier molecular flexibility index (Phi) is 6.72. The molecule has 1 heterocycles. The zero-order valence-corrected chi connectivity index (χ0v) is 15.7. The van der Waals surface area contributed by atoms with Gasteiger partial charge in [-0.2, -0.15) is 5.10 Å². The minimum absolute atomic E-state index is 0.0472. The monoisotopic (exact) mass is 381 g/mol. The van der Waals surface area contributed by atoms with Crippen LogP contribution in [0.1, 0.15) is 19.2 Å². The van der Waals surface area contributed by atoms with E-state index in [1.165, 1.54) is 4.90 Å². The van der Waals surface area contributed by atoms with E-state index in [0.29, 0.717) is 15.5 Å². The molecule has 0 aliphatic heterocycles. The number of aromatic nitrogens is 3. The van der Waals surface area contributed by atoms with Crippen LogP contribution in [-0.2, 0) is 22.6 Å². The smallest absolute Gasteiger partial charge is 0.243 e. The predicted octanol–water partition coefficient (Wildman–Crippen LogP) is 2.64. The average Bonchev–Trinajstić information content (AvgIpc) is 2.88. The molecule has 0 saturated heterocycles. The maximum absolute atomic E-state index is 12.4. The number of aryl methyl sites for hydroxylation is 1. The minimum atomic E-state index is -0.303. The average molecular weight is 382 g/mol. The lowest BCUT2D eigenvalue weighted by atomic mass is 10.3. The Morgan fingerprint density at radius 3 is 2.88 bits per heavy atom. The summed E-state index contributed by atoms with van der Waals surface area (Å²) in [7, 11) is 1.57. The maximum atomic E-state index is 12.4. The molecule has 9 heteroatoms. The van der Waals surface area contributed by atoms with Gasteiger partial charge in [-0.05, 0) is 36.8 Å². The third-order valence-electron chi connectivity index (χ3n) is 3.52. The van der Waals surface area contributed by atoms with E-state index in [-0.39, 0.29) is 24.9 Å². The van der Waals surface area contributed by atoms with Crippen molar-refractivity contribution < 1.29 is 9.59 Å². The van der Waals surface area contributed by atoms with Crippen molar-refractivity contribution in [2.75, 3.05) is 18.9 Å². The Hall–Kier alpha value is -2.19. The number of hydrogen-bond acceptors (Lipinski definition) is 4. The molecule has 0 aliphatic carbocycles. The summed E-state index contributed by atoms with van der Waals surface area (Å²) in [6.07, 6.45) is 1.62. The molecule has 0 unspecified atom stereocenters. The van der Waals surface area contributed by atoms with E-state index in [1.807, 2.05) is 6.92 Å². The van der Waals surface area contributed by atoms with Gasteiger partial charge < -0.3 is 10.2 Å². The van der Waals surface area contributed by atoms with Crippen molar-refractivity contribution in [3.63, 3.8) is 0 Å². The number of halogens is 1. The van der Waals surface area contributed by atoms with E-state index in [9.17, 15) is 9.59 Å². The highest BCUT2D eigenvalue weighted by molar-refractivity contribution is 7.71. The number of nitrogens with zero attached hydrogens (tertiary/aromatic N) is 3. The molecule has 134 valence electrons. The van der Waals surface area contributed by atoms with Crippen LogP contribution in [0.2, 0.25) is 5.02 Å². The lowest BCUT2D eigenvalue weighted by Gasteiger charge is -2.17. The molecule has 0 spiro atoms. The number of likely N-dealkylation sites (N-methyl/N-ethyl adjacent to an activating group) is 1. The van der Waals surface area contributed by atoms with Gasteiger partial charge in [0, 0.05) is 24.2 Å². The van der Waals surface area contributed by atoms with Gasteiger partial charge in [0.15, 0.2) is 4.77 Å². The standard InChI is InChI=1S/C16H20ClN5O2S/c1-3-5-13-19-20-16(25)22(13)10-15(24)21(2)9-14(23)18-12-7-4-6-11(17)8-12/h4,6-8H,3,5,9-10H2,1-2H3,(H,18,23)(H,20,25). The molecule has 1 aromatic carbocycles.